The minimum Gasteiger partial charge on any atom is -0.478 e. The molecule has 0 radical (unpaired) electrons. The van der Waals surface area contributed by atoms with Gasteiger partial charge in [-0.2, -0.15) is 0 Å². The fourth-order valence-electron chi connectivity index (χ4n) is 1.20. The molecule has 0 bridgehead atoms. The lowest BCUT2D eigenvalue weighted by Crippen LogP contribution is -2.12. The number of anilines is 1. The van der Waals surface area contributed by atoms with Gasteiger partial charge in [-0.15, -0.1) is 0 Å². The van der Waals surface area contributed by atoms with E-state index in [2.05, 4.69) is 5.32 Å². The van der Waals surface area contributed by atoms with Gasteiger partial charge in [0.05, 0.1) is 11.3 Å². The average molecular weight is 228 g/mol. The Morgan fingerprint density at radius 1 is 1.40 bits per heavy atom. The molecular weight excluding hydrogens is 218 g/mol. The predicted molar refractivity (Wildman–Crippen MR) is 57.5 cm³/mol. The third-order valence-corrected chi connectivity index (χ3v) is 2.34. The maximum Gasteiger partial charge on any atom is 0.337 e. The fraction of sp³-hybridized carbons (Fsp3) is 0.200. The van der Waals surface area contributed by atoms with Crippen molar-refractivity contribution in [1.29, 1.82) is 0 Å². The quantitative estimate of drug-likeness (QED) is 0.815. The highest BCUT2D eigenvalue weighted by atomic mass is 35.5. The maximum atomic E-state index is 10.9. The smallest absolute Gasteiger partial charge is 0.337 e. The van der Waals surface area contributed by atoms with Crippen LogP contribution in [0.25, 0.3) is 0 Å². The minimum atomic E-state index is -1.10. The largest absolute Gasteiger partial charge is 0.478 e. The van der Waals surface area contributed by atoms with Crippen molar-refractivity contribution >= 4 is 29.2 Å². The number of rotatable bonds is 2. The van der Waals surface area contributed by atoms with E-state index >= 15 is 0 Å². The van der Waals surface area contributed by atoms with Crippen LogP contribution >= 0.6 is 11.6 Å². The zero-order chi connectivity index (χ0) is 11.6. The molecule has 1 aromatic rings. The Hall–Kier alpha value is -1.55. The predicted octanol–water partition coefficient (Wildman–Crippen LogP) is 2.31. The van der Waals surface area contributed by atoms with Crippen LogP contribution in [0.3, 0.4) is 0 Å². The Labute approximate surface area is 91.9 Å². The summed E-state index contributed by atoms with van der Waals surface area (Å²) in [5.41, 5.74) is 0.835. The Bertz CT molecular complexity index is 429. The molecule has 0 fully saturated rings. The lowest BCUT2D eigenvalue weighted by atomic mass is 10.1. The summed E-state index contributed by atoms with van der Waals surface area (Å²) in [6.07, 6.45) is 0. The number of carbonyl (C=O) groups excluding carboxylic acids is 1. The minimum absolute atomic E-state index is 0.0344. The molecule has 0 spiro atoms. The first-order valence-electron chi connectivity index (χ1n) is 4.23. The molecule has 1 rings (SSSR count). The summed E-state index contributed by atoms with van der Waals surface area (Å²) in [6, 6.07) is 2.86. The molecule has 2 N–H and O–H groups in total. The molecule has 0 unspecified atom stereocenters. The molecular formula is C10H10ClNO3. The highest BCUT2D eigenvalue weighted by Crippen LogP contribution is 2.27. The van der Waals surface area contributed by atoms with Crippen LogP contribution in [-0.4, -0.2) is 17.0 Å². The number of amides is 1. The molecule has 1 amide bonds. The van der Waals surface area contributed by atoms with Gasteiger partial charge in [-0.25, -0.2) is 4.79 Å². The molecule has 0 aliphatic rings. The third-order valence-electron chi connectivity index (χ3n) is 1.93. The first kappa shape index (κ1) is 11.5. The van der Waals surface area contributed by atoms with Crippen LogP contribution in [0.15, 0.2) is 12.1 Å². The van der Waals surface area contributed by atoms with E-state index in [1.807, 2.05) is 0 Å². The van der Waals surface area contributed by atoms with Crippen LogP contribution in [0.5, 0.6) is 0 Å². The SMILES string of the molecule is CC(=O)Nc1c(C(=O)O)ccc(Cl)c1C. The first-order chi connectivity index (χ1) is 6.93. The topological polar surface area (TPSA) is 66.4 Å². The number of carbonyl (C=O) groups is 2. The summed E-state index contributed by atoms with van der Waals surface area (Å²) in [5.74, 6) is -1.43. The second-order valence-corrected chi connectivity index (χ2v) is 3.49. The van der Waals surface area contributed by atoms with Gasteiger partial charge in [0.25, 0.3) is 0 Å². The van der Waals surface area contributed by atoms with Gasteiger partial charge in [0.2, 0.25) is 5.91 Å². The number of aromatic carboxylic acids is 1. The summed E-state index contributed by atoms with van der Waals surface area (Å²) < 4.78 is 0. The zero-order valence-corrected chi connectivity index (χ0v) is 9.05. The summed E-state index contributed by atoms with van der Waals surface area (Å²) in [4.78, 5) is 21.8. The van der Waals surface area contributed by atoms with Crippen molar-refractivity contribution in [3.8, 4) is 0 Å². The van der Waals surface area contributed by atoms with Gasteiger partial charge in [-0.05, 0) is 24.6 Å². The van der Waals surface area contributed by atoms with Crippen LogP contribution in [0.1, 0.15) is 22.8 Å². The normalized spacial score (nSPS) is 9.80. The Morgan fingerprint density at radius 3 is 2.47 bits per heavy atom. The van der Waals surface area contributed by atoms with Crippen molar-refractivity contribution in [2.45, 2.75) is 13.8 Å². The van der Waals surface area contributed by atoms with Gasteiger partial charge in [0.1, 0.15) is 0 Å². The van der Waals surface area contributed by atoms with Gasteiger partial charge < -0.3 is 10.4 Å². The van der Waals surface area contributed by atoms with Gasteiger partial charge in [-0.3, -0.25) is 4.79 Å². The number of benzene rings is 1. The zero-order valence-electron chi connectivity index (χ0n) is 8.30. The number of carboxylic acid groups (broad SMARTS) is 1. The van der Waals surface area contributed by atoms with Crippen LogP contribution in [-0.2, 0) is 4.79 Å². The Balaban J connectivity index is 3.34. The van der Waals surface area contributed by atoms with E-state index in [1.54, 1.807) is 6.92 Å². The van der Waals surface area contributed by atoms with Gasteiger partial charge in [-0.1, -0.05) is 11.6 Å². The van der Waals surface area contributed by atoms with E-state index < -0.39 is 5.97 Å². The first-order valence-corrected chi connectivity index (χ1v) is 4.61. The number of nitrogens with one attached hydrogen (secondary N) is 1. The molecule has 80 valence electrons. The average Bonchev–Trinajstić information content (AvgIpc) is 2.12. The molecule has 0 saturated heterocycles. The van der Waals surface area contributed by atoms with Crippen LogP contribution < -0.4 is 5.32 Å². The fourth-order valence-corrected chi connectivity index (χ4v) is 1.36. The van der Waals surface area contributed by atoms with Crippen molar-refractivity contribution in [3.05, 3.63) is 28.3 Å². The molecule has 0 aliphatic carbocycles. The van der Waals surface area contributed by atoms with Crippen molar-refractivity contribution in [1.82, 2.24) is 0 Å². The van der Waals surface area contributed by atoms with E-state index in [9.17, 15) is 9.59 Å². The molecule has 15 heavy (non-hydrogen) atoms. The van der Waals surface area contributed by atoms with Crippen molar-refractivity contribution in [2.75, 3.05) is 5.32 Å². The summed E-state index contributed by atoms with van der Waals surface area (Å²) in [6.45, 7) is 2.96. The lowest BCUT2D eigenvalue weighted by molar-refractivity contribution is -0.114. The van der Waals surface area contributed by atoms with E-state index in [4.69, 9.17) is 16.7 Å². The van der Waals surface area contributed by atoms with Crippen molar-refractivity contribution in [3.63, 3.8) is 0 Å². The number of hydrogen-bond donors (Lipinski definition) is 2. The van der Waals surface area contributed by atoms with Crippen molar-refractivity contribution in [2.24, 2.45) is 0 Å². The summed E-state index contributed by atoms with van der Waals surface area (Å²) in [7, 11) is 0. The Kier molecular flexibility index (Phi) is 3.31. The molecule has 0 saturated carbocycles. The summed E-state index contributed by atoms with van der Waals surface area (Å²) in [5, 5.41) is 11.8. The van der Waals surface area contributed by atoms with E-state index in [-0.39, 0.29) is 17.2 Å². The number of hydrogen-bond acceptors (Lipinski definition) is 2. The standard InChI is InChI=1S/C10H10ClNO3/c1-5-8(11)4-3-7(10(14)15)9(5)12-6(2)13/h3-4H,1-2H3,(H,12,13)(H,14,15). The Morgan fingerprint density at radius 2 is 2.00 bits per heavy atom. The van der Waals surface area contributed by atoms with Crippen molar-refractivity contribution < 1.29 is 14.7 Å². The van der Waals surface area contributed by atoms with Gasteiger partial charge >= 0.3 is 5.97 Å². The molecule has 0 heterocycles. The monoisotopic (exact) mass is 227 g/mol. The molecule has 0 atom stereocenters. The van der Waals surface area contributed by atoms with Gasteiger partial charge in [0.15, 0.2) is 0 Å². The second-order valence-electron chi connectivity index (χ2n) is 3.08. The highest BCUT2D eigenvalue weighted by molar-refractivity contribution is 6.32. The molecule has 4 nitrogen and oxygen atoms in total. The second kappa shape index (κ2) is 4.31. The van der Waals surface area contributed by atoms with E-state index in [1.165, 1.54) is 19.1 Å². The molecule has 0 aromatic heterocycles. The van der Waals surface area contributed by atoms with Gasteiger partial charge in [0, 0.05) is 11.9 Å². The van der Waals surface area contributed by atoms with E-state index in [0.29, 0.717) is 10.6 Å². The molecule has 1 aromatic carbocycles. The third kappa shape index (κ3) is 2.47. The summed E-state index contributed by atoms with van der Waals surface area (Å²) >= 11 is 5.83. The maximum absolute atomic E-state index is 10.9. The lowest BCUT2D eigenvalue weighted by Gasteiger charge is -2.11. The highest BCUT2D eigenvalue weighted by Gasteiger charge is 2.15. The van der Waals surface area contributed by atoms with E-state index in [0.717, 1.165) is 0 Å². The molecule has 0 aliphatic heterocycles. The van der Waals surface area contributed by atoms with Crippen LogP contribution in [0.2, 0.25) is 5.02 Å². The number of carboxylic acids is 1. The van der Waals surface area contributed by atoms with Crippen LogP contribution in [0, 0.1) is 6.92 Å². The molecule has 5 heteroatoms. The number of halogens is 1. The van der Waals surface area contributed by atoms with Crippen LogP contribution in [0.4, 0.5) is 5.69 Å².